The number of hydrogen-bond acceptors (Lipinski definition) is 4. The van der Waals surface area contributed by atoms with Gasteiger partial charge in [0.1, 0.15) is 6.04 Å². The number of fused-ring (bicyclic) bond motifs is 1. The lowest BCUT2D eigenvalue weighted by atomic mass is 10.0. The summed E-state index contributed by atoms with van der Waals surface area (Å²) in [7, 11) is 0. The molecule has 1 amide bonds. The largest absolute Gasteiger partial charge is 0.391 e. The third-order valence-corrected chi connectivity index (χ3v) is 5.44. The zero-order chi connectivity index (χ0) is 17.9. The number of benzene rings is 2. The average Bonchev–Trinajstić information content (AvgIpc) is 3.28. The second-order valence-electron chi connectivity index (χ2n) is 7.12. The van der Waals surface area contributed by atoms with E-state index in [9.17, 15) is 9.90 Å². The van der Waals surface area contributed by atoms with Crippen molar-refractivity contribution < 1.29 is 9.90 Å². The van der Waals surface area contributed by atoms with E-state index in [0.29, 0.717) is 13.1 Å². The smallest absolute Gasteiger partial charge is 0.247 e. The van der Waals surface area contributed by atoms with Crippen LogP contribution in [0.1, 0.15) is 17.2 Å². The van der Waals surface area contributed by atoms with Gasteiger partial charge in [0.15, 0.2) is 0 Å². The van der Waals surface area contributed by atoms with Crippen LogP contribution in [0, 0.1) is 5.92 Å². The van der Waals surface area contributed by atoms with Crippen molar-refractivity contribution in [1.82, 2.24) is 10.6 Å². The summed E-state index contributed by atoms with van der Waals surface area (Å²) < 4.78 is 0. The number of para-hydroxylation sites is 1. The van der Waals surface area contributed by atoms with E-state index in [0.717, 1.165) is 30.8 Å². The van der Waals surface area contributed by atoms with Crippen LogP contribution in [0.15, 0.2) is 54.6 Å². The zero-order valence-electron chi connectivity index (χ0n) is 14.8. The Morgan fingerprint density at radius 2 is 1.92 bits per heavy atom. The molecule has 136 valence electrons. The Hall–Kier alpha value is -2.37. The molecule has 0 aromatic heterocycles. The molecule has 2 aliphatic heterocycles. The minimum absolute atomic E-state index is 0.00740. The molecule has 26 heavy (non-hydrogen) atoms. The molecule has 1 saturated heterocycles. The molecular formula is C21H25N3O2. The summed E-state index contributed by atoms with van der Waals surface area (Å²) in [5.41, 5.74) is 3.42. The summed E-state index contributed by atoms with van der Waals surface area (Å²) in [6, 6.07) is 17.9. The van der Waals surface area contributed by atoms with E-state index in [-0.39, 0.29) is 17.9 Å². The number of amides is 1. The van der Waals surface area contributed by atoms with Crippen LogP contribution in [-0.4, -0.2) is 43.3 Å². The van der Waals surface area contributed by atoms with E-state index < -0.39 is 6.10 Å². The van der Waals surface area contributed by atoms with Crippen molar-refractivity contribution in [2.24, 2.45) is 5.92 Å². The standard InChI is InChI=1S/C21H25N3O2/c25-19-14-22-12-17(19)13-23-21(26)20(16-7-2-1-3-8-16)24-11-10-15-6-4-5-9-18(15)24/h1-9,17,19-20,22,25H,10-14H2,(H,23,26). The minimum atomic E-state index is -0.391. The quantitative estimate of drug-likeness (QED) is 0.764. The maximum absolute atomic E-state index is 13.1. The lowest BCUT2D eigenvalue weighted by molar-refractivity contribution is -0.122. The molecule has 5 nitrogen and oxygen atoms in total. The normalized spacial score (nSPS) is 22.9. The van der Waals surface area contributed by atoms with Gasteiger partial charge in [0.2, 0.25) is 5.91 Å². The maximum Gasteiger partial charge on any atom is 0.247 e. The Balaban J connectivity index is 1.57. The number of β-amino-alcohol motifs (C(OH)–C–C–N with tert-alkyl or cyclic N) is 1. The molecule has 2 heterocycles. The Morgan fingerprint density at radius 1 is 1.15 bits per heavy atom. The van der Waals surface area contributed by atoms with Crippen LogP contribution in [0.5, 0.6) is 0 Å². The lowest BCUT2D eigenvalue weighted by Gasteiger charge is -2.30. The van der Waals surface area contributed by atoms with E-state index in [2.05, 4.69) is 33.7 Å². The molecule has 2 aromatic carbocycles. The number of aliphatic hydroxyl groups is 1. The number of carbonyl (C=O) groups is 1. The second-order valence-corrected chi connectivity index (χ2v) is 7.12. The summed E-state index contributed by atoms with van der Waals surface area (Å²) in [6.45, 7) is 2.66. The van der Waals surface area contributed by atoms with Crippen LogP contribution < -0.4 is 15.5 Å². The summed E-state index contributed by atoms with van der Waals surface area (Å²) in [4.78, 5) is 15.3. The van der Waals surface area contributed by atoms with Crippen molar-refractivity contribution in [2.75, 3.05) is 31.1 Å². The van der Waals surface area contributed by atoms with Crippen molar-refractivity contribution in [3.05, 3.63) is 65.7 Å². The van der Waals surface area contributed by atoms with Crippen molar-refractivity contribution in [3.8, 4) is 0 Å². The topological polar surface area (TPSA) is 64.6 Å². The highest BCUT2D eigenvalue weighted by molar-refractivity contribution is 5.87. The SMILES string of the molecule is O=C(NCC1CNCC1O)C(c1ccccc1)N1CCc2ccccc21. The number of nitrogens with zero attached hydrogens (tertiary/aromatic N) is 1. The molecule has 2 aromatic rings. The van der Waals surface area contributed by atoms with Gasteiger partial charge in [-0.1, -0.05) is 48.5 Å². The minimum Gasteiger partial charge on any atom is -0.391 e. The molecule has 3 unspecified atom stereocenters. The Bertz CT molecular complexity index is 765. The average molecular weight is 351 g/mol. The molecule has 1 fully saturated rings. The third-order valence-electron chi connectivity index (χ3n) is 5.44. The molecule has 0 saturated carbocycles. The van der Waals surface area contributed by atoms with E-state index >= 15 is 0 Å². The molecule has 0 spiro atoms. The Labute approximate surface area is 154 Å². The number of nitrogens with one attached hydrogen (secondary N) is 2. The molecule has 2 aliphatic rings. The van der Waals surface area contributed by atoms with Crippen LogP contribution in [0.4, 0.5) is 5.69 Å². The Kier molecular flexibility index (Phi) is 4.91. The fourth-order valence-corrected chi connectivity index (χ4v) is 4.00. The van der Waals surface area contributed by atoms with Crippen molar-refractivity contribution in [2.45, 2.75) is 18.6 Å². The maximum atomic E-state index is 13.1. The van der Waals surface area contributed by atoms with Gasteiger partial charge in [0.25, 0.3) is 0 Å². The lowest BCUT2D eigenvalue weighted by Crippen LogP contribution is -2.43. The summed E-state index contributed by atoms with van der Waals surface area (Å²) in [5, 5.41) is 16.2. The van der Waals surface area contributed by atoms with Gasteiger partial charge >= 0.3 is 0 Å². The van der Waals surface area contributed by atoms with E-state index in [1.807, 2.05) is 36.4 Å². The second kappa shape index (κ2) is 7.48. The molecule has 3 N–H and O–H groups in total. The molecule has 0 bridgehead atoms. The van der Waals surface area contributed by atoms with Gasteiger partial charge in [-0.15, -0.1) is 0 Å². The molecular weight excluding hydrogens is 326 g/mol. The van der Waals surface area contributed by atoms with Crippen molar-refractivity contribution >= 4 is 11.6 Å². The highest BCUT2D eigenvalue weighted by atomic mass is 16.3. The first-order valence-electron chi connectivity index (χ1n) is 9.30. The fraction of sp³-hybridized carbons (Fsp3) is 0.381. The highest BCUT2D eigenvalue weighted by Gasteiger charge is 2.33. The van der Waals surface area contributed by atoms with Gasteiger partial charge in [-0.05, 0) is 23.6 Å². The molecule has 3 atom stereocenters. The van der Waals surface area contributed by atoms with Crippen LogP contribution in [-0.2, 0) is 11.2 Å². The molecule has 5 heteroatoms. The number of hydrogen-bond donors (Lipinski definition) is 3. The fourth-order valence-electron chi connectivity index (χ4n) is 4.00. The number of aliphatic hydroxyl groups excluding tert-OH is 1. The van der Waals surface area contributed by atoms with Crippen LogP contribution in [0.3, 0.4) is 0 Å². The van der Waals surface area contributed by atoms with Crippen LogP contribution >= 0.6 is 0 Å². The summed E-state index contributed by atoms with van der Waals surface area (Å²) in [6.07, 6.45) is 0.566. The van der Waals surface area contributed by atoms with Gasteiger partial charge in [-0.2, -0.15) is 0 Å². The number of anilines is 1. The molecule has 4 rings (SSSR count). The van der Waals surface area contributed by atoms with E-state index in [1.54, 1.807) is 0 Å². The summed E-state index contributed by atoms with van der Waals surface area (Å²) >= 11 is 0. The molecule has 0 radical (unpaired) electrons. The zero-order valence-corrected chi connectivity index (χ0v) is 14.8. The van der Waals surface area contributed by atoms with Gasteiger partial charge < -0.3 is 20.6 Å². The van der Waals surface area contributed by atoms with Gasteiger partial charge in [0, 0.05) is 37.8 Å². The first-order valence-corrected chi connectivity index (χ1v) is 9.30. The van der Waals surface area contributed by atoms with Crippen molar-refractivity contribution in [3.63, 3.8) is 0 Å². The first kappa shape index (κ1) is 17.1. The predicted octanol–water partition coefficient (Wildman–Crippen LogP) is 1.49. The van der Waals surface area contributed by atoms with E-state index in [4.69, 9.17) is 0 Å². The number of carbonyl (C=O) groups excluding carboxylic acids is 1. The van der Waals surface area contributed by atoms with E-state index in [1.165, 1.54) is 5.56 Å². The summed E-state index contributed by atoms with van der Waals surface area (Å²) in [5.74, 6) is 0.0632. The van der Waals surface area contributed by atoms with Gasteiger partial charge in [0.05, 0.1) is 6.10 Å². The van der Waals surface area contributed by atoms with Crippen LogP contribution in [0.25, 0.3) is 0 Å². The first-order chi connectivity index (χ1) is 12.7. The van der Waals surface area contributed by atoms with Crippen LogP contribution in [0.2, 0.25) is 0 Å². The third kappa shape index (κ3) is 3.32. The van der Waals surface area contributed by atoms with Gasteiger partial charge in [-0.25, -0.2) is 0 Å². The monoisotopic (exact) mass is 351 g/mol. The highest BCUT2D eigenvalue weighted by Crippen LogP contribution is 2.35. The molecule has 0 aliphatic carbocycles. The van der Waals surface area contributed by atoms with Crippen molar-refractivity contribution in [1.29, 1.82) is 0 Å². The van der Waals surface area contributed by atoms with Gasteiger partial charge in [-0.3, -0.25) is 4.79 Å². The predicted molar refractivity (Wildman–Crippen MR) is 102 cm³/mol. The Morgan fingerprint density at radius 3 is 2.69 bits per heavy atom. The number of rotatable bonds is 5.